The average molecular weight is 497 g/mol. The molecule has 1 saturated heterocycles. The van der Waals surface area contributed by atoms with Gasteiger partial charge in [0, 0.05) is 23.8 Å². The van der Waals surface area contributed by atoms with E-state index in [4.69, 9.17) is 16.6 Å². The molecule has 35 heavy (non-hydrogen) atoms. The highest BCUT2D eigenvalue weighted by Gasteiger charge is 2.31. The Morgan fingerprint density at radius 3 is 2.43 bits per heavy atom. The van der Waals surface area contributed by atoms with Crippen LogP contribution in [0.3, 0.4) is 0 Å². The lowest BCUT2D eigenvalue weighted by Crippen LogP contribution is -2.47. The van der Waals surface area contributed by atoms with Crippen LogP contribution in [0.5, 0.6) is 0 Å². The lowest BCUT2D eigenvalue weighted by molar-refractivity contribution is -0.135. The fraction of sp³-hybridized carbons (Fsp3) is 0.560. The summed E-state index contributed by atoms with van der Waals surface area (Å²) in [5.74, 6) is -0.00720. The molecule has 6 N–H and O–H groups in total. The van der Waals surface area contributed by atoms with Gasteiger partial charge in [0.15, 0.2) is 0 Å². The van der Waals surface area contributed by atoms with Gasteiger partial charge in [-0.3, -0.25) is 10.3 Å². The first kappa shape index (κ1) is 30.2. The van der Waals surface area contributed by atoms with Crippen molar-refractivity contribution >= 4 is 17.6 Å². The van der Waals surface area contributed by atoms with Gasteiger partial charge >= 0.3 is 12.2 Å². The summed E-state index contributed by atoms with van der Waals surface area (Å²) < 4.78 is 38.6. The average Bonchev–Trinajstić information content (AvgIpc) is 2.84. The molecule has 0 bridgehead atoms. The van der Waals surface area contributed by atoms with E-state index in [2.05, 4.69) is 24.5 Å². The Morgan fingerprint density at radius 2 is 1.89 bits per heavy atom. The fourth-order valence-corrected chi connectivity index (χ4v) is 3.53. The smallest absolute Gasteiger partial charge is 0.390 e. The number of carbonyl (C=O) groups excluding carboxylic acids is 1. The maximum Gasteiger partial charge on any atom is 0.390 e. The standard InChI is InChI=1S/C23H33F3N6O.C2H6/c1-4-14(2)16-5-7-17(8-6-16)21(29)32(12-10-23(24,25)26)22(33)31-13-19(27)18-9-11-30-15(3)20(18)28;1-2/h5-8,14-15,28-30H,4,9-13,27H2,1-3H3,(H,31,33);1-2H3/b19-18-,28-20?,29-21?;. The SMILES string of the molecule is CC.CCC(C)c1ccc(C(=N)N(CCC(F)(F)F)C(=O)NC/C(N)=C2\CCNC(C)C2=N)cc1. The van der Waals surface area contributed by atoms with E-state index in [0.29, 0.717) is 41.4 Å². The van der Waals surface area contributed by atoms with Gasteiger partial charge in [0.2, 0.25) is 0 Å². The minimum Gasteiger partial charge on any atom is -0.400 e. The molecule has 10 heteroatoms. The Morgan fingerprint density at radius 1 is 1.29 bits per heavy atom. The number of urea groups is 1. The second-order valence-electron chi connectivity index (χ2n) is 8.30. The summed E-state index contributed by atoms with van der Waals surface area (Å²) in [6.45, 7) is 9.78. The van der Waals surface area contributed by atoms with Crippen molar-refractivity contribution in [2.75, 3.05) is 19.6 Å². The number of amidine groups is 1. The number of piperidine rings is 1. The highest BCUT2D eigenvalue weighted by atomic mass is 19.4. The Hall–Kier alpha value is -2.88. The molecule has 1 aliphatic heterocycles. The van der Waals surface area contributed by atoms with Crippen molar-refractivity contribution in [3.8, 4) is 0 Å². The molecule has 1 aliphatic rings. The van der Waals surface area contributed by atoms with Gasteiger partial charge in [0.05, 0.1) is 18.7 Å². The van der Waals surface area contributed by atoms with E-state index in [9.17, 15) is 18.0 Å². The maximum atomic E-state index is 12.9. The number of amides is 2. The first-order valence-electron chi connectivity index (χ1n) is 12.0. The largest absolute Gasteiger partial charge is 0.400 e. The highest BCUT2D eigenvalue weighted by molar-refractivity contribution is 6.06. The van der Waals surface area contributed by atoms with E-state index in [1.165, 1.54) is 0 Å². The van der Waals surface area contributed by atoms with Crippen LogP contribution in [0.2, 0.25) is 0 Å². The van der Waals surface area contributed by atoms with Crippen molar-refractivity contribution < 1.29 is 18.0 Å². The number of hydrogen-bond donors (Lipinski definition) is 5. The third-order valence-corrected chi connectivity index (χ3v) is 5.90. The number of hydrogen-bond acceptors (Lipinski definition) is 5. The lowest BCUT2D eigenvalue weighted by Gasteiger charge is -2.27. The first-order valence-corrected chi connectivity index (χ1v) is 12.0. The first-order chi connectivity index (χ1) is 16.4. The third kappa shape index (κ3) is 9.01. The molecule has 2 amide bonds. The van der Waals surface area contributed by atoms with E-state index < -0.39 is 25.2 Å². The zero-order valence-electron chi connectivity index (χ0n) is 21.3. The molecule has 0 radical (unpaired) electrons. The van der Waals surface area contributed by atoms with Crippen LogP contribution in [-0.2, 0) is 0 Å². The topological polar surface area (TPSA) is 118 Å². The number of nitrogens with zero attached hydrogens (tertiary/aromatic N) is 1. The third-order valence-electron chi connectivity index (χ3n) is 5.90. The molecule has 196 valence electrons. The van der Waals surface area contributed by atoms with Gasteiger partial charge in [0.25, 0.3) is 0 Å². The normalized spacial score (nSPS) is 18.2. The lowest BCUT2D eigenvalue weighted by atomic mass is 9.95. The molecule has 1 aromatic carbocycles. The molecular formula is C25H39F3N6O. The number of carbonyl (C=O) groups is 1. The van der Waals surface area contributed by atoms with E-state index in [-0.39, 0.29) is 18.4 Å². The number of nitrogens with one attached hydrogen (secondary N) is 4. The van der Waals surface area contributed by atoms with Gasteiger partial charge in [-0.15, -0.1) is 0 Å². The molecule has 0 aromatic heterocycles. The molecule has 7 nitrogen and oxygen atoms in total. The van der Waals surface area contributed by atoms with Crippen LogP contribution < -0.4 is 16.4 Å². The Labute approximate surface area is 206 Å². The summed E-state index contributed by atoms with van der Waals surface area (Å²) in [6, 6.07) is 5.93. The number of alkyl halides is 3. The van der Waals surface area contributed by atoms with Crippen LogP contribution in [0.15, 0.2) is 35.5 Å². The maximum absolute atomic E-state index is 12.9. The van der Waals surface area contributed by atoms with Gasteiger partial charge in [-0.2, -0.15) is 13.2 Å². The minimum absolute atomic E-state index is 0.119. The van der Waals surface area contributed by atoms with Gasteiger partial charge in [-0.05, 0) is 43.4 Å². The molecule has 0 aliphatic carbocycles. The van der Waals surface area contributed by atoms with E-state index in [1.54, 1.807) is 12.1 Å². The number of nitrogens with two attached hydrogens (primary N) is 1. The van der Waals surface area contributed by atoms with Gasteiger partial charge in [-0.1, -0.05) is 52.0 Å². The summed E-state index contributed by atoms with van der Waals surface area (Å²) in [5.41, 5.74) is 8.73. The summed E-state index contributed by atoms with van der Waals surface area (Å²) in [4.78, 5) is 13.6. The summed E-state index contributed by atoms with van der Waals surface area (Å²) >= 11 is 0. The Kier molecular flexibility index (Phi) is 11.9. The predicted octanol–water partition coefficient (Wildman–Crippen LogP) is 5.13. The zero-order chi connectivity index (χ0) is 26.8. The van der Waals surface area contributed by atoms with Gasteiger partial charge in [0.1, 0.15) is 5.84 Å². The second-order valence-corrected chi connectivity index (χ2v) is 8.30. The van der Waals surface area contributed by atoms with E-state index in [0.717, 1.165) is 16.9 Å². The minimum atomic E-state index is -4.47. The van der Waals surface area contributed by atoms with Gasteiger partial charge in [-0.25, -0.2) is 4.79 Å². The van der Waals surface area contributed by atoms with Crippen LogP contribution in [0, 0.1) is 10.8 Å². The number of rotatable bonds is 7. The van der Waals surface area contributed by atoms with Crippen LogP contribution in [-0.4, -0.2) is 54.3 Å². The summed E-state index contributed by atoms with van der Waals surface area (Å²) in [5, 5.41) is 22.2. The molecule has 0 saturated carbocycles. The highest BCUT2D eigenvalue weighted by Crippen LogP contribution is 2.22. The molecule has 0 spiro atoms. The van der Waals surface area contributed by atoms with E-state index >= 15 is 0 Å². The summed E-state index contributed by atoms with van der Waals surface area (Å²) in [7, 11) is 0. The molecule has 1 fully saturated rings. The van der Waals surface area contributed by atoms with Crippen molar-refractivity contribution in [2.45, 2.75) is 72.0 Å². The molecule has 2 unspecified atom stereocenters. The summed E-state index contributed by atoms with van der Waals surface area (Å²) in [6.07, 6.45) is -4.25. The van der Waals surface area contributed by atoms with Gasteiger partial charge < -0.3 is 21.8 Å². The zero-order valence-corrected chi connectivity index (χ0v) is 21.3. The molecule has 2 rings (SSSR count). The van der Waals surface area contributed by atoms with E-state index in [1.807, 2.05) is 32.9 Å². The monoisotopic (exact) mass is 496 g/mol. The van der Waals surface area contributed by atoms with Crippen molar-refractivity contribution in [1.29, 1.82) is 10.8 Å². The predicted molar refractivity (Wildman–Crippen MR) is 135 cm³/mol. The van der Waals surface area contributed by atoms with Crippen LogP contribution in [0.25, 0.3) is 0 Å². The fourth-order valence-electron chi connectivity index (χ4n) is 3.53. The Balaban J connectivity index is 0.00000298. The quantitative estimate of drug-likeness (QED) is 0.266. The van der Waals surface area contributed by atoms with Crippen molar-refractivity contribution in [3.05, 3.63) is 46.7 Å². The molecular weight excluding hydrogens is 457 g/mol. The molecule has 2 atom stereocenters. The van der Waals surface area contributed by atoms with Crippen molar-refractivity contribution in [2.24, 2.45) is 5.73 Å². The van der Waals surface area contributed by atoms with Crippen LogP contribution >= 0.6 is 0 Å². The van der Waals surface area contributed by atoms with Crippen molar-refractivity contribution in [1.82, 2.24) is 15.5 Å². The second kappa shape index (κ2) is 13.9. The molecule has 1 aromatic rings. The number of halogens is 3. The van der Waals surface area contributed by atoms with Crippen LogP contribution in [0.1, 0.15) is 70.9 Å². The Bertz CT molecular complexity index is 895. The van der Waals surface area contributed by atoms with Crippen LogP contribution in [0.4, 0.5) is 18.0 Å². The molecule has 1 heterocycles. The number of benzene rings is 1. The van der Waals surface area contributed by atoms with Crippen molar-refractivity contribution in [3.63, 3.8) is 0 Å².